The maximum atomic E-state index is 13.2. The Kier molecular flexibility index (Phi) is 5.62. The van der Waals surface area contributed by atoms with Crippen molar-refractivity contribution in [3.05, 3.63) is 78.0 Å². The monoisotopic (exact) mass is 454 g/mol. The summed E-state index contributed by atoms with van der Waals surface area (Å²) in [6.07, 6.45) is 5.68. The summed E-state index contributed by atoms with van der Waals surface area (Å²) in [7, 11) is -2.05. The summed E-state index contributed by atoms with van der Waals surface area (Å²) >= 11 is 0. The van der Waals surface area contributed by atoms with E-state index in [1.165, 1.54) is 31.5 Å². The predicted octanol–water partition coefficient (Wildman–Crippen LogP) is 2.90. The normalized spacial score (nSPS) is 11.5. The maximum Gasteiger partial charge on any atom is 0.253 e. The van der Waals surface area contributed by atoms with Crippen molar-refractivity contribution < 1.29 is 22.3 Å². The number of methoxy groups -OCH3 is 1. The number of aromatic nitrogens is 3. The second-order valence-corrected chi connectivity index (χ2v) is 9.08. The molecule has 0 atom stereocenters. The van der Waals surface area contributed by atoms with Crippen molar-refractivity contribution >= 4 is 26.6 Å². The van der Waals surface area contributed by atoms with Crippen molar-refractivity contribution in [1.29, 1.82) is 0 Å². The van der Waals surface area contributed by atoms with E-state index in [4.69, 9.17) is 4.74 Å². The van der Waals surface area contributed by atoms with Crippen molar-refractivity contribution in [2.24, 2.45) is 0 Å². The summed E-state index contributed by atoms with van der Waals surface area (Å²) in [6.45, 7) is 0.154. The molecule has 32 heavy (non-hydrogen) atoms. The Morgan fingerprint density at radius 3 is 2.56 bits per heavy atom. The fourth-order valence-corrected chi connectivity index (χ4v) is 4.14. The van der Waals surface area contributed by atoms with Gasteiger partial charge in [-0.15, -0.1) is 0 Å². The Hall–Kier alpha value is -3.79. The number of nitrogens with zero attached hydrogens (tertiary/aromatic N) is 3. The molecule has 0 aliphatic heterocycles. The molecule has 0 bridgehead atoms. The number of nitrogens with one attached hydrogen (secondary N) is 1. The number of rotatable bonds is 6. The third kappa shape index (κ3) is 4.17. The number of carbonyl (C=O) groups excluding carboxylic acids is 1. The standard InChI is InChI=1S/C22H19FN4O4S/c1-31-20-9-14(3-8-21(20)32(2,29)30)10-25-22(28)18-11-24-13-19-17(18)12-26-27(19)16-6-4-15(23)5-7-16/h3-9,11-13H,10H2,1-2H3,(H,25,28). The Labute approximate surface area is 183 Å². The summed E-state index contributed by atoms with van der Waals surface area (Å²) in [5.41, 5.74) is 2.24. The second kappa shape index (κ2) is 8.39. The Morgan fingerprint density at radius 2 is 1.88 bits per heavy atom. The van der Waals surface area contributed by atoms with Crippen LogP contribution in [0, 0.1) is 5.82 Å². The number of hydrogen-bond donors (Lipinski definition) is 1. The zero-order valence-electron chi connectivity index (χ0n) is 17.2. The molecule has 0 aliphatic rings. The minimum atomic E-state index is -3.43. The molecule has 4 rings (SSSR count). The number of benzene rings is 2. The van der Waals surface area contributed by atoms with Crippen LogP contribution in [0.4, 0.5) is 4.39 Å². The Morgan fingerprint density at radius 1 is 1.12 bits per heavy atom. The molecule has 2 heterocycles. The lowest BCUT2D eigenvalue weighted by molar-refractivity contribution is 0.0952. The van der Waals surface area contributed by atoms with Gasteiger partial charge in [-0.2, -0.15) is 5.10 Å². The lowest BCUT2D eigenvalue weighted by Gasteiger charge is -2.11. The van der Waals surface area contributed by atoms with Crippen LogP contribution in [-0.4, -0.2) is 42.5 Å². The van der Waals surface area contributed by atoms with Gasteiger partial charge in [-0.05, 0) is 42.0 Å². The minimum Gasteiger partial charge on any atom is -0.495 e. The molecule has 0 aliphatic carbocycles. The van der Waals surface area contributed by atoms with E-state index >= 15 is 0 Å². The minimum absolute atomic E-state index is 0.0808. The average molecular weight is 454 g/mol. The highest BCUT2D eigenvalue weighted by Gasteiger charge is 2.17. The molecule has 0 radical (unpaired) electrons. The molecule has 1 amide bonds. The van der Waals surface area contributed by atoms with Crippen molar-refractivity contribution in [2.75, 3.05) is 13.4 Å². The fraction of sp³-hybridized carbons (Fsp3) is 0.136. The van der Waals surface area contributed by atoms with Gasteiger partial charge < -0.3 is 10.1 Å². The van der Waals surface area contributed by atoms with Crippen LogP contribution in [0.3, 0.4) is 0 Å². The molecular formula is C22H19FN4O4S. The molecular weight excluding hydrogens is 435 g/mol. The summed E-state index contributed by atoms with van der Waals surface area (Å²) in [5, 5.41) is 7.71. The van der Waals surface area contributed by atoms with E-state index in [1.54, 1.807) is 41.3 Å². The van der Waals surface area contributed by atoms with Crippen LogP contribution < -0.4 is 10.1 Å². The lowest BCUT2D eigenvalue weighted by Crippen LogP contribution is -2.23. The summed E-state index contributed by atoms with van der Waals surface area (Å²) in [5.74, 6) is -0.513. The van der Waals surface area contributed by atoms with Gasteiger partial charge in [-0.25, -0.2) is 17.5 Å². The first-order valence-electron chi connectivity index (χ1n) is 9.51. The van der Waals surface area contributed by atoms with E-state index in [0.29, 0.717) is 27.7 Å². The molecule has 0 saturated carbocycles. The first-order valence-corrected chi connectivity index (χ1v) is 11.4. The average Bonchev–Trinajstić information content (AvgIpc) is 3.21. The first kappa shape index (κ1) is 21.4. The Balaban J connectivity index is 1.58. The van der Waals surface area contributed by atoms with Gasteiger partial charge in [0, 0.05) is 24.4 Å². The van der Waals surface area contributed by atoms with E-state index in [2.05, 4.69) is 15.4 Å². The van der Waals surface area contributed by atoms with Gasteiger partial charge >= 0.3 is 0 Å². The molecule has 164 valence electrons. The molecule has 10 heteroatoms. The highest BCUT2D eigenvalue weighted by Crippen LogP contribution is 2.25. The van der Waals surface area contributed by atoms with Crippen LogP contribution in [0.2, 0.25) is 0 Å². The second-order valence-electron chi connectivity index (χ2n) is 7.09. The van der Waals surface area contributed by atoms with Gasteiger partial charge in [0.05, 0.1) is 36.3 Å². The van der Waals surface area contributed by atoms with Gasteiger partial charge in [-0.3, -0.25) is 9.78 Å². The number of ether oxygens (including phenoxy) is 1. The largest absolute Gasteiger partial charge is 0.495 e. The first-order chi connectivity index (χ1) is 15.3. The van der Waals surface area contributed by atoms with Crippen molar-refractivity contribution in [3.8, 4) is 11.4 Å². The Bertz CT molecular complexity index is 1420. The van der Waals surface area contributed by atoms with E-state index in [1.807, 2.05) is 0 Å². The number of sulfone groups is 1. The van der Waals surface area contributed by atoms with Crippen molar-refractivity contribution in [3.63, 3.8) is 0 Å². The topological polar surface area (TPSA) is 103 Å². The zero-order chi connectivity index (χ0) is 22.9. The highest BCUT2D eigenvalue weighted by atomic mass is 32.2. The van der Waals surface area contributed by atoms with Crippen LogP contribution in [-0.2, 0) is 16.4 Å². The van der Waals surface area contributed by atoms with Crippen LogP contribution in [0.15, 0.2) is 66.0 Å². The number of hydrogen-bond acceptors (Lipinski definition) is 6. The quantitative estimate of drug-likeness (QED) is 0.481. The lowest BCUT2D eigenvalue weighted by atomic mass is 10.1. The smallest absolute Gasteiger partial charge is 0.253 e. The van der Waals surface area contributed by atoms with Crippen LogP contribution >= 0.6 is 0 Å². The molecule has 0 unspecified atom stereocenters. The van der Waals surface area contributed by atoms with E-state index in [9.17, 15) is 17.6 Å². The van der Waals surface area contributed by atoms with Crippen molar-refractivity contribution in [1.82, 2.24) is 20.1 Å². The van der Waals surface area contributed by atoms with Gasteiger partial charge in [0.15, 0.2) is 9.84 Å². The summed E-state index contributed by atoms with van der Waals surface area (Å²) in [6, 6.07) is 10.5. The number of amides is 1. The fourth-order valence-electron chi connectivity index (χ4n) is 3.32. The number of halogens is 1. The van der Waals surface area contributed by atoms with E-state index < -0.39 is 9.84 Å². The zero-order valence-corrected chi connectivity index (χ0v) is 18.1. The summed E-state index contributed by atoms with van der Waals surface area (Å²) < 4.78 is 43.7. The number of carbonyl (C=O) groups is 1. The predicted molar refractivity (Wildman–Crippen MR) is 116 cm³/mol. The van der Waals surface area contributed by atoms with Gasteiger partial charge in [0.2, 0.25) is 0 Å². The third-order valence-electron chi connectivity index (χ3n) is 4.89. The molecule has 4 aromatic rings. The SMILES string of the molecule is COc1cc(CNC(=O)c2cncc3c2cnn3-c2ccc(F)cc2)ccc1S(C)(=O)=O. The van der Waals surface area contributed by atoms with Crippen LogP contribution in [0.5, 0.6) is 5.75 Å². The molecule has 8 nitrogen and oxygen atoms in total. The molecule has 2 aromatic heterocycles. The van der Waals surface area contributed by atoms with E-state index in [0.717, 1.165) is 6.26 Å². The molecule has 1 N–H and O–H groups in total. The summed E-state index contributed by atoms with van der Waals surface area (Å²) in [4.78, 5) is 17.1. The van der Waals surface area contributed by atoms with Gasteiger partial charge in [0.1, 0.15) is 16.5 Å². The molecule has 0 saturated heterocycles. The molecule has 0 spiro atoms. The van der Waals surface area contributed by atoms with Crippen LogP contribution in [0.1, 0.15) is 15.9 Å². The molecule has 2 aromatic carbocycles. The number of pyridine rings is 1. The maximum absolute atomic E-state index is 13.2. The van der Waals surface area contributed by atoms with Gasteiger partial charge in [0.25, 0.3) is 5.91 Å². The van der Waals surface area contributed by atoms with Gasteiger partial charge in [-0.1, -0.05) is 6.07 Å². The van der Waals surface area contributed by atoms with E-state index in [-0.39, 0.29) is 28.9 Å². The molecule has 0 fully saturated rings. The highest BCUT2D eigenvalue weighted by molar-refractivity contribution is 7.90. The van der Waals surface area contributed by atoms with Crippen molar-refractivity contribution in [2.45, 2.75) is 11.4 Å². The van der Waals surface area contributed by atoms with Crippen LogP contribution in [0.25, 0.3) is 16.6 Å². The number of fused-ring (bicyclic) bond motifs is 1. The third-order valence-corrected chi connectivity index (χ3v) is 6.03.